The number of rotatable bonds is 6. The number of methoxy groups -OCH3 is 2. The summed E-state index contributed by atoms with van der Waals surface area (Å²) in [4.78, 5) is 17.3. The van der Waals surface area contributed by atoms with Crippen molar-refractivity contribution in [1.82, 2.24) is 9.80 Å². The second-order valence-electron chi connectivity index (χ2n) is 8.61. The van der Waals surface area contributed by atoms with Gasteiger partial charge in [0.25, 0.3) is 0 Å². The van der Waals surface area contributed by atoms with Gasteiger partial charge in [0, 0.05) is 32.2 Å². The molecular weight excluding hydrogens is 340 g/mol. The smallest absolute Gasteiger partial charge is 0.239 e. The molecule has 0 bridgehead atoms. The molecule has 2 saturated heterocycles. The van der Waals surface area contributed by atoms with E-state index in [4.69, 9.17) is 9.47 Å². The number of carbonyl (C=O) groups excluding carboxylic acids is 1. The maximum absolute atomic E-state index is 12.9. The zero-order valence-electron chi connectivity index (χ0n) is 17.4. The monoisotopic (exact) mass is 374 g/mol. The first-order valence-electron chi connectivity index (χ1n) is 10.1. The van der Waals surface area contributed by atoms with E-state index in [-0.39, 0.29) is 6.04 Å². The molecule has 0 aliphatic carbocycles. The fraction of sp³-hybridized carbons (Fsp3) is 0.682. The van der Waals surface area contributed by atoms with E-state index in [1.54, 1.807) is 14.2 Å². The molecule has 0 unspecified atom stereocenters. The Morgan fingerprint density at radius 1 is 1.04 bits per heavy atom. The van der Waals surface area contributed by atoms with Crippen molar-refractivity contribution >= 4 is 5.91 Å². The molecule has 3 rings (SSSR count). The predicted octanol–water partition coefficient (Wildman–Crippen LogP) is 3.07. The van der Waals surface area contributed by atoms with Crippen molar-refractivity contribution in [2.75, 3.05) is 40.4 Å². The average Bonchev–Trinajstić information content (AvgIpc) is 2.62. The number of amides is 1. The summed E-state index contributed by atoms with van der Waals surface area (Å²) in [6, 6.07) is 6.04. The largest absolute Gasteiger partial charge is 0.497 e. The van der Waals surface area contributed by atoms with Gasteiger partial charge in [-0.05, 0) is 55.2 Å². The molecule has 5 heteroatoms. The van der Waals surface area contributed by atoms with Crippen molar-refractivity contribution in [2.45, 2.75) is 39.7 Å². The lowest BCUT2D eigenvalue weighted by atomic mass is 9.89. The lowest BCUT2D eigenvalue weighted by Gasteiger charge is -2.45. The summed E-state index contributed by atoms with van der Waals surface area (Å²) in [5.41, 5.74) is 1.23. The molecule has 0 aromatic heterocycles. The standard InChI is InChI=1S/C22H34N2O3/c1-15-6-16(2)12-24(11-15)22(25)17(3)23-13-19(14-23)7-18-8-20(26-4)10-21(9-18)27-5/h8-10,15-17,19H,6-7,11-14H2,1-5H3/t15-,16-,17-/m1/s1. The van der Waals surface area contributed by atoms with Gasteiger partial charge in [-0.1, -0.05) is 13.8 Å². The molecule has 27 heavy (non-hydrogen) atoms. The van der Waals surface area contributed by atoms with E-state index >= 15 is 0 Å². The van der Waals surface area contributed by atoms with Crippen LogP contribution in [0.1, 0.15) is 32.8 Å². The molecule has 0 radical (unpaired) electrons. The number of hydrogen-bond donors (Lipinski definition) is 0. The summed E-state index contributed by atoms with van der Waals surface area (Å²) >= 11 is 0. The van der Waals surface area contributed by atoms with Crippen LogP contribution >= 0.6 is 0 Å². The van der Waals surface area contributed by atoms with Crippen molar-refractivity contribution in [2.24, 2.45) is 17.8 Å². The van der Waals surface area contributed by atoms with E-state index in [0.717, 1.165) is 44.1 Å². The minimum atomic E-state index is -0.0152. The first-order valence-corrected chi connectivity index (χ1v) is 10.1. The van der Waals surface area contributed by atoms with Crippen LogP contribution in [0.2, 0.25) is 0 Å². The Balaban J connectivity index is 1.52. The van der Waals surface area contributed by atoms with Gasteiger partial charge < -0.3 is 14.4 Å². The number of likely N-dealkylation sites (tertiary alicyclic amines) is 2. The number of nitrogens with zero attached hydrogens (tertiary/aromatic N) is 2. The second kappa shape index (κ2) is 8.51. The quantitative estimate of drug-likeness (QED) is 0.767. The van der Waals surface area contributed by atoms with E-state index in [0.29, 0.717) is 23.7 Å². The molecule has 1 aromatic rings. The number of piperidine rings is 1. The van der Waals surface area contributed by atoms with E-state index in [1.165, 1.54) is 12.0 Å². The molecule has 0 saturated carbocycles. The van der Waals surface area contributed by atoms with Gasteiger partial charge in [-0.15, -0.1) is 0 Å². The molecule has 1 amide bonds. The number of carbonyl (C=O) groups is 1. The molecule has 0 N–H and O–H groups in total. The third kappa shape index (κ3) is 4.75. The Morgan fingerprint density at radius 2 is 1.59 bits per heavy atom. The maximum atomic E-state index is 12.9. The highest BCUT2D eigenvalue weighted by Gasteiger charge is 2.36. The zero-order chi connectivity index (χ0) is 19.6. The first-order chi connectivity index (χ1) is 12.9. The third-order valence-corrected chi connectivity index (χ3v) is 6.01. The van der Waals surface area contributed by atoms with E-state index in [1.807, 2.05) is 6.07 Å². The van der Waals surface area contributed by atoms with Crippen LogP contribution in [0.3, 0.4) is 0 Å². The molecular formula is C22H34N2O3. The summed E-state index contributed by atoms with van der Waals surface area (Å²) in [5.74, 6) is 3.76. The highest BCUT2D eigenvalue weighted by atomic mass is 16.5. The van der Waals surface area contributed by atoms with Crippen LogP contribution in [-0.2, 0) is 11.2 Å². The Bertz CT molecular complexity index is 625. The molecule has 3 atom stereocenters. The van der Waals surface area contributed by atoms with Gasteiger partial charge in [0.1, 0.15) is 11.5 Å². The maximum Gasteiger partial charge on any atom is 0.239 e. The summed E-state index contributed by atoms with van der Waals surface area (Å²) < 4.78 is 10.7. The average molecular weight is 375 g/mol. The van der Waals surface area contributed by atoms with Gasteiger partial charge in [0.2, 0.25) is 5.91 Å². The SMILES string of the molecule is COc1cc(CC2CN([C@H](C)C(=O)N3C[C@H](C)C[C@@H](C)C3)C2)cc(OC)c1. The Kier molecular flexibility index (Phi) is 6.30. The molecule has 2 aliphatic rings. The predicted molar refractivity (Wildman–Crippen MR) is 107 cm³/mol. The molecule has 2 heterocycles. The lowest BCUT2D eigenvalue weighted by molar-refractivity contribution is -0.141. The minimum absolute atomic E-state index is 0.0152. The van der Waals surface area contributed by atoms with Crippen molar-refractivity contribution in [1.29, 1.82) is 0 Å². The van der Waals surface area contributed by atoms with Crippen LogP contribution in [0.15, 0.2) is 18.2 Å². The third-order valence-electron chi connectivity index (χ3n) is 6.01. The van der Waals surface area contributed by atoms with Gasteiger partial charge in [0.05, 0.1) is 20.3 Å². The molecule has 1 aromatic carbocycles. The second-order valence-corrected chi connectivity index (χ2v) is 8.61. The molecule has 5 nitrogen and oxygen atoms in total. The van der Waals surface area contributed by atoms with Crippen molar-refractivity contribution < 1.29 is 14.3 Å². The summed E-state index contributed by atoms with van der Waals surface area (Å²) in [5, 5.41) is 0. The number of hydrogen-bond acceptors (Lipinski definition) is 4. The van der Waals surface area contributed by atoms with Crippen molar-refractivity contribution in [3.8, 4) is 11.5 Å². The fourth-order valence-electron chi connectivity index (χ4n) is 4.64. The number of ether oxygens (including phenoxy) is 2. The fourth-order valence-corrected chi connectivity index (χ4v) is 4.64. The van der Waals surface area contributed by atoms with Gasteiger partial charge >= 0.3 is 0 Å². The zero-order valence-corrected chi connectivity index (χ0v) is 17.4. The topological polar surface area (TPSA) is 42.0 Å². The van der Waals surface area contributed by atoms with Crippen LogP contribution in [0, 0.1) is 17.8 Å². The highest BCUT2D eigenvalue weighted by molar-refractivity contribution is 5.81. The minimum Gasteiger partial charge on any atom is -0.497 e. The highest BCUT2D eigenvalue weighted by Crippen LogP contribution is 2.29. The number of benzene rings is 1. The Morgan fingerprint density at radius 3 is 2.11 bits per heavy atom. The van der Waals surface area contributed by atoms with E-state index < -0.39 is 0 Å². The summed E-state index contributed by atoms with van der Waals surface area (Å²) in [6.07, 6.45) is 2.22. The van der Waals surface area contributed by atoms with Crippen LogP contribution in [0.4, 0.5) is 0 Å². The molecule has 2 fully saturated rings. The van der Waals surface area contributed by atoms with Crippen LogP contribution < -0.4 is 9.47 Å². The van der Waals surface area contributed by atoms with Crippen LogP contribution in [-0.4, -0.2) is 62.1 Å². The first kappa shape index (κ1) is 20.0. The molecule has 150 valence electrons. The molecule has 2 aliphatic heterocycles. The van der Waals surface area contributed by atoms with Gasteiger partial charge in [-0.3, -0.25) is 9.69 Å². The lowest BCUT2D eigenvalue weighted by Crippen LogP contribution is -2.58. The van der Waals surface area contributed by atoms with Gasteiger partial charge in [-0.2, -0.15) is 0 Å². The van der Waals surface area contributed by atoms with Gasteiger partial charge in [0.15, 0.2) is 0 Å². The normalized spacial score (nSPS) is 25.0. The van der Waals surface area contributed by atoms with Gasteiger partial charge in [-0.25, -0.2) is 0 Å². The Hall–Kier alpha value is -1.75. The molecule has 0 spiro atoms. The van der Waals surface area contributed by atoms with E-state index in [9.17, 15) is 4.79 Å². The van der Waals surface area contributed by atoms with Crippen molar-refractivity contribution in [3.63, 3.8) is 0 Å². The summed E-state index contributed by atoms with van der Waals surface area (Å²) in [6.45, 7) is 10.3. The van der Waals surface area contributed by atoms with E-state index in [2.05, 4.69) is 42.7 Å². The van der Waals surface area contributed by atoms with Crippen molar-refractivity contribution in [3.05, 3.63) is 23.8 Å². The van der Waals surface area contributed by atoms with Crippen LogP contribution in [0.5, 0.6) is 11.5 Å². The Labute approximate surface area is 163 Å². The van der Waals surface area contributed by atoms with Crippen LogP contribution in [0.25, 0.3) is 0 Å². The summed E-state index contributed by atoms with van der Waals surface area (Å²) in [7, 11) is 3.36.